The third-order valence-corrected chi connectivity index (χ3v) is 5.66. The van der Waals surface area contributed by atoms with Gasteiger partial charge in [-0.3, -0.25) is 9.59 Å². The number of ether oxygens (including phenoxy) is 1. The number of rotatable bonds is 8. The molecule has 0 radical (unpaired) electrons. The molecule has 0 spiro atoms. The Balaban J connectivity index is 1.76. The van der Waals surface area contributed by atoms with Crippen molar-refractivity contribution < 1.29 is 9.53 Å². The molecular weight excluding hydrogens is 414 g/mol. The predicted octanol–water partition coefficient (Wildman–Crippen LogP) is 4.72. The van der Waals surface area contributed by atoms with E-state index in [-0.39, 0.29) is 23.2 Å². The molecule has 1 aromatic heterocycles. The fourth-order valence-electron chi connectivity index (χ4n) is 3.86. The molecule has 0 aliphatic carbocycles. The Morgan fingerprint density at radius 2 is 1.58 bits per heavy atom. The Hall–Kier alpha value is -3.93. The highest BCUT2D eigenvalue weighted by Gasteiger charge is 2.22. The zero-order valence-electron chi connectivity index (χ0n) is 18.8. The topological polar surface area (TPSA) is 73.2 Å². The van der Waals surface area contributed by atoms with Crippen LogP contribution in [0.1, 0.15) is 47.4 Å². The Bertz CT molecular complexity index is 1300. The highest BCUT2D eigenvalue weighted by Crippen LogP contribution is 2.25. The van der Waals surface area contributed by atoms with Gasteiger partial charge in [0.15, 0.2) is 5.69 Å². The van der Waals surface area contributed by atoms with Gasteiger partial charge in [0, 0.05) is 11.9 Å². The minimum atomic E-state index is -0.388. The molecule has 6 heteroatoms. The number of nitrogens with zero attached hydrogens (tertiary/aromatic N) is 2. The summed E-state index contributed by atoms with van der Waals surface area (Å²) in [6.07, 6.45) is 1.74. The highest BCUT2D eigenvalue weighted by molar-refractivity contribution is 6.05. The summed E-state index contributed by atoms with van der Waals surface area (Å²) in [5.41, 5.74) is 1.93. The van der Waals surface area contributed by atoms with Gasteiger partial charge in [-0.1, -0.05) is 74.0 Å². The summed E-state index contributed by atoms with van der Waals surface area (Å²) >= 11 is 0. The van der Waals surface area contributed by atoms with Gasteiger partial charge in [-0.05, 0) is 35.7 Å². The van der Waals surface area contributed by atoms with E-state index < -0.39 is 0 Å². The van der Waals surface area contributed by atoms with Gasteiger partial charge in [-0.15, -0.1) is 0 Å². The highest BCUT2D eigenvalue weighted by atomic mass is 16.5. The summed E-state index contributed by atoms with van der Waals surface area (Å²) in [7, 11) is 1.62. The van der Waals surface area contributed by atoms with E-state index in [0.29, 0.717) is 17.3 Å². The van der Waals surface area contributed by atoms with Gasteiger partial charge in [0.25, 0.3) is 11.5 Å². The maximum atomic E-state index is 13.6. The van der Waals surface area contributed by atoms with Crippen LogP contribution in [-0.2, 0) is 6.54 Å². The summed E-state index contributed by atoms with van der Waals surface area (Å²) in [5, 5.41) is 8.66. The van der Waals surface area contributed by atoms with E-state index >= 15 is 0 Å². The summed E-state index contributed by atoms with van der Waals surface area (Å²) in [6.45, 7) is 2.53. The smallest absolute Gasteiger partial charge is 0.274 e. The molecule has 0 aliphatic heterocycles. The number of benzene rings is 3. The molecule has 0 aliphatic rings. The number of unbranched alkanes of at least 4 members (excludes halogenated alkanes) is 1. The average Bonchev–Trinajstić information content (AvgIpc) is 2.87. The molecule has 6 nitrogen and oxygen atoms in total. The number of aryl methyl sites for hydroxylation is 1. The summed E-state index contributed by atoms with van der Waals surface area (Å²) in [5.74, 6) is 0.411. The fraction of sp³-hybridized carbons (Fsp3) is 0.222. The largest absolute Gasteiger partial charge is 0.497 e. The molecule has 1 amide bonds. The van der Waals surface area contributed by atoms with E-state index in [1.165, 1.54) is 4.68 Å². The van der Waals surface area contributed by atoms with Crippen molar-refractivity contribution in [1.29, 1.82) is 0 Å². The van der Waals surface area contributed by atoms with Crippen LogP contribution in [0.25, 0.3) is 10.8 Å². The maximum Gasteiger partial charge on any atom is 0.274 e. The van der Waals surface area contributed by atoms with E-state index in [1.807, 2.05) is 60.7 Å². The number of amides is 1. The third-order valence-electron chi connectivity index (χ3n) is 5.66. The molecule has 0 unspecified atom stereocenters. The molecular formula is C27H27N3O3. The van der Waals surface area contributed by atoms with Crippen molar-refractivity contribution in [2.24, 2.45) is 0 Å². The number of nitrogens with one attached hydrogen (secondary N) is 1. The second-order valence-corrected chi connectivity index (χ2v) is 7.87. The van der Waals surface area contributed by atoms with Crippen molar-refractivity contribution in [1.82, 2.24) is 15.1 Å². The van der Waals surface area contributed by atoms with Crippen LogP contribution < -0.4 is 15.6 Å². The lowest BCUT2D eigenvalue weighted by Crippen LogP contribution is -2.33. The number of carbonyl (C=O) groups is 1. The van der Waals surface area contributed by atoms with Gasteiger partial charge in [0.1, 0.15) is 5.75 Å². The molecule has 1 N–H and O–H groups in total. The van der Waals surface area contributed by atoms with Crippen molar-refractivity contribution in [3.8, 4) is 5.75 Å². The molecule has 168 valence electrons. The lowest BCUT2D eigenvalue weighted by atomic mass is 9.98. The third kappa shape index (κ3) is 4.80. The minimum absolute atomic E-state index is 0.176. The minimum Gasteiger partial charge on any atom is -0.497 e. The van der Waals surface area contributed by atoms with Crippen LogP contribution in [0.4, 0.5) is 0 Å². The quantitative estimate of drug-likeness (QED) is 0.429. The second kappa shape index (κ2) is 10.1. The van der Waals surface area contributed by atoms with Crippen molar-refractivity contribution >= 4 is 16.7 Å². The Morgan fingerprint density at radius 1 is 0.939 bits per heavy atom. The van der Waals surface area contributed by atoms with E-state index in [9.17, 15) is 9.59 Å². The summed E-state index contributed by atoms with van der Waals surface area (Å²) < 4.78 is 6.69. The normalized spacial score (nSPS) is 11.8. The van der Waals surface area contributed by atoms with Gasteiger partial charge in [-0.2, -0.15) is 5.10 Å². The van der Waals surface area contributed by atoms with E-state index in [4.69, 9.17) is 4.74 Å². The average molecular weight is 442 g/mol. The first-order chi connectivity index (χ1) is 16.1. The number of fused-ring (bicyclic) bond motifs is 1. The fourth-order valence-corrected chi connectivity index (χ4v) is 3.86. The van der Waals surface area contributed by atoms with Crippen molar-refractivity contribution in [2.75, 3.05) is 7.11 Å². The molecule has 1 atom stereocenters. The number of hydrogen-bond acceptors (Lipinski definition) is 4. The predicted molar refractivity (Wildman–Crippen MR) is 130 cm³/mol. The van der Waals surface area contributed by atoms with Gasteiger partial charge < -0.3 is 10.1 Å². The molecule has 0 fully saturated rings. The number of hydrogen-bond donors (Lipinski definition) is 1. The zero-order chi connectivity index (χ0) is 23.2. The molecule has 0 saturated carbocycles. The van der Waals surface area contributed by atoms with Crippen LogP contribution in [0.3, 0.4) is 0 Å². The molecule has 3 aromatic carbocycles. The number of carbonyl (C=O) groups excluding carboxylic acids is 1. The van der Waals surface area contributed by atoms with E-state index in [0.717, 1.165) is 29.7 Å². The van der Waals surface area contributed by atoms with Gasteiger partial charge >= 0.3 is 0 Å². The van der Waals surface area contributed by atoms with Crippen LogP contribution in [0.5, 0.6) is 5.75 Å². The Labute approximate surface area is 192 Å². The van der Waals surface area contributed by atoms with Gasteiger partial charge in [0.2, 0.25) is 0 Å². The molecule has 4 aromatic rings. The van der Waals surface area contributed by atoms with Crippen LogP contribution >= 0.6 is 0 Å². The van der Waals surface area contributed by atoms with Crippen molar-refractivity contribution in [3.05, 3.63) is 106 Å². The SMILES string of the molecule is CCCCn1nc(C(=O)N[C@@H](c2ccccc2)c2ccc(OC)cc2)c2ccccc2c1=O. The molecule has 0 saturated heterocycles. The molecule has 33 heavy (non-hydrogen) atoms. The lowest BCUT2D eigenvalue weighted by Gasteiger charge is -2.21. The molecule has 4 rings (SSSR count). The van der Waals surface area contributed by atoms with Gasteiger partial charge in [-0.25, -0.2) is 4.68 Å². The van der Waals surface area contributed by atoms with Crippen molar-refractivity contribution in [2.45, 2.75) is 32.4 Å². The zero-order valence-corrected chi connectivity index (χ0v) is 18.8. The van der Waals surface area contributed by atoms with Crippen molar-refractivity contribution in [3.63, 3.8) is 0 Å². The first-order valence-corrected chi connectivity index (χ1v) is 11.1. The molecule has 1 heterocycles. The number of methoxy groups -OCH3 is 1. The monoisotopic (exact) mass is 441 g/mol. The van der Waals surface area contributed by atoms with Crippen LogP contribution in [0.2, 0.25) is 0 Å². The number of aromatic nitrogens is 2. The van der Waals surface area contributed by atoms with E-state index in [1.54, 1.807) is 25.3 Å². The van der Waals surface area contributed by atoms with Gasteiger partial charge in [0.05, 0.1) is 18.5 Å². The summed E-state index contributed by atoms with van der Waals surface area (Å²) in [4.78, 5) is 26.5. The Morgan fingerprint density at radius 3 is 2.24 bits per heavy atom. The first kappa shape index (κ1) is 22.3. The lowest BCUT2D eigenvalue weighted by molar-refractivity contribution is 0.0937. The standard InChI is InChI=1S/C27H27N3O3/c1-3-4-18-30-27(32)23-13-9-8-12-22(23)25(29-30)26(31)28-24(19-10-6-5-7-11-19)20-14-16-21(33-2)17-15-20/h5-17,24H,3-4,18H2,1-2H3,(H,28,31)/t24-/m0/s1. The van der Waals surface area contributed by atoms with Crippen LogP contribution in [-0.4, -0.2) is 22.8 Å². The second-order valence-electron chi connectivity index (χ2n) is 7.87. The Kier molecular flexibility index (Phi) is 6.83. The summed E-state index contributed by atoms with van der Waals surface area (Å²) in [6, 6.07) is 24.1. The van der Waals surface area contributed by atoms with E-state index in [2.05, 4.69) is 17.3 Å². The maximum absolute atomic E-state index is 13.6. The van der Waals surface area contributed by atoms with Crippen LogP contribution in [0, 0.1) is 0 Å². The molecule has 0 bridgehead atoms. The first-order valence-electron chi connectivity index (χ1n) is 11.1. The van der Waals surface area contributed by atoms with Crippen LogP contribution in [0.15, 0.2) is 83.7 Å².